The fraction of sp³-hybridized carbons (Fsp3) is 0.429. The van der Waals surface area contributed by atoms with E-state index in [9.17, 15) is 0 Å². The highest BCUT2D eigenvalue weighted by atomic mass is 14.1. The molecule has 0 fully saturated rings. The monoisotopic (exact) mass is 190 g/mol. The molecule has 0 aliphatic rings. The molecular formula is C14H22. The van der Waals surface area contributed by atoms with Crippen molar-refractivity contribution < 1.29 is 0 Å². The first-order valence-corrected chi connectivity index (χ1v) is 5.27. The van der Waals surface area contributed by atoms with Crippen LogP contribution in [-0.4, -0.2) is 0 Å². The van der Waals surface area contributed by atoms with Gasteiger partial charge in [0.05, 0.1) is 0 Å². The minimum Gasteiger partial charge on any atom is -0.0996 e. The third-order valence-corrected chi connectivity index (χ3v) is 2.46. The van der Waals surface area contributed by atoms with Crippen LogP contribution in [0.1, 0.15) is 33.6 Å². The van der Waals surface area contributed by atoms with E-state index in [1.807, 2.05) is 19.1 Å². The molecule has 0 saturated heterocycles. The van der Waals surface area contributed by atoms with E-state index in [4.69, 9.17) is 0 Å². The van der Waals surface area contributed by atoms with Gasteiger partial charge in [0.25, 0.3) is 0 Å². The Hall–Kier alpha value is -1.04. The molecule has 0 aromatic heterocycles. The molecule has 1 atom stereocenters. The zero-order chi connectivity index (χ0) is 11.0. The van der Waals surface area contributed by atoms with Gasteiger partial charge in [-0.05, 0) is 31.3 Å². The lowest BCUT2D eigenvalue weighted by Gasteiger charge is -2.13. The highest BCUT2D eigenvalue weighted by molar-refractivity contribution is 5.23. The van der Waals surface area contributed by atoms with Crippen LogP contribution in [-0.2, 0) is 0 Å². The lowest BCUT2D eigenvalue weighted by Crippen LogP contribution is -1.98. The Kier molecular flexibility index (Phi) is 6.82. The van der Waals surface area contributed by atoms with Gasteiger partial charge in [0.15, 0.2) is 0 Å². The Balaban J connectivity index is 4.32. The predicted molar refractivity (Wildman–Crippen MR) is 66.3 cm³/mol. The van der Waals surface area contributed by atoms with Gasteiger partial charge < -0.3 is 0 Å². The molecule has 0 bridgehead atoms. The van der Waals surface area contributed by atoms with Crippen molar-refractivity contribution in [3.8, 4) is 0 Å². The topological polar surface area (TPSA) is 0 Å². The maximum absolute atomic E-state index is 4.06. The number of allylic oxidation sites excluding steroid dienone is 6. The quantitative estimate of drug-likeness (QED) is 0.422. The Labute approximate surface area is 88.7 Å². The summed E-state index contributed by atoms with van der Waals surface area (Å²) in [6.45, 7) is 14.3. The van der Waals surface area contributed by atoms with Gasteiger partial charge in [-0.1, -0.05) is 56.9 Å². The lowest BCUT2D eigenvalue weighted by molar-refractivity contribution is 0.659. The second-order valence-electron chi connectivity index (χ2n) is 3.59. The van der Waals surface area contributed by atoms with Crippen molar-refractivity contribution in [3.63, 3.8) is 0 Å². The van der Waals surface area contributed by atoms with E-state index in [1.54, 1.807) is 0 Å². The van der Waals surface area contributed by atoms with Crippen LogP contribution in [0.3, 0.4) is 0 Å². The summed E-state index contributed by atoms with van der Waals surface area (Å²) < 4.78 is 0. The molecule has 0 N–H and O–H groups in total. The van der Waals surface area contributed by atoms with E-state index in [0.29, 0.717) is 5.92 Å². The van der Waals surface area contributed by atoms with Gasteiger partial charge in [-0.3, -0.25) is 0 Å². The maximum atomic E-state index is 4.06. The molecule has 1 unspecified atom stereocenters. The van der Waals surface area contributed by atoms with Crippen LogP contribution in [0.25, 0.3) is 0 Å². The van der Waals surface area contributed by atoms with E-state index in [-0.39, 0.29) is 0 Å². The number of hydrogen-bond acceptors (Lipinski definition) is 0. The van der Waals surface area contributed by atoms with Crippen molar-refractivity contribution in [2.24, 2.45) is 5.92 Å². The third-order valence-electron chi connectivity index (χ3n) is 2.46. The summed E-state index contributed by atoms with van der Waals surface area (Å²) in [6, 6.07) is 0. The Morgan fingerprint density at radius 3 is 2.50 bits per heavy atom. The average molecular weight is 190 g/mol. The van der Waals surface area contributed by atoms with E-state index in [1.165, 1.54) is 11.1 Å². The second-order valence-corrected chi connectivity index (χ2v) is 3.59. The van der Waals surface area contributed by atoms with Crippen LogP contribution in [0.5, 0.6) is 0 Å². The zero-order valence-electron chi connectivity index (χ0n) is 9.72. The zero-order valence-corrected chi connectivity index (χ0v) is 9.72. The summed E-state index contributed by atoms with van der Waals surface area (Å²) in [5, 5.41) is 0. The first kappa shape index (κ1) is 13.0. The van der Waals surface area contributed by atoms with Gasteiger partial charge in [-0.2, -0.15) is 0 Å². The van der Waals surface area contributed by atoms with Crippen molar-refractivity contribution in [2.75, 3.05) is 0 Å². The summed E-state index contributed by atoms with van der Waals surface area (Å²) in [7, 11) is 0. The lowest BCUT2D eigenvalue weighted by atomic mass is 9.93. The molecule has 0 aromatic rings. The van der Waals surface area contributed by atoms with Crippen LogP contribution in [0, 0.1) is 5.92 Å². The minimum absolute atomic E-state index is 0.550. The fourth-order valence-electron chi connectivity index (χ4n) is 1.29. The van der Waals surface area contributed by atoms with Crippen molar-refractivity contribution in [3.05, 3.63) is 48.6 Å². The molecule has 0 saturated carbocycles. The second kappa shape index (κ2) is 7.37. The normalized spacial score (nSPS) is 14.4. The van der Waals surface area contributed by atoms with Gasteiger partial charge in [0.2, 0.25) is 0 Å². The molecule has 0 aliphatic carbocycles. The molecule has 0 nitrogen and oxygen atoms in total. The van der Waals surface area contributed by atoms with Crippen molar-refractivity contribution in [1.29, 1.82) is 0 Å². The number of rotatable bonds is 6. The number of hydrogen-bond donors (Lipinski definition) is 0. The summed E-state index contributed by atoms with van der Waals surface area (Å²) in [6.07, 6.45) is 10.2. The van der Waals surface area contributed by atoms with E-state index >= 15 is 0 Å². The average Bonchev–Trinajstić information content (AvgIpc) is 2.22. The van der Waals surface area contributed by atoms with Crippen LogP contribution in [0.2, 0.25) is 0 Å². The standard InChI is InChI=1S/C14H22/c1-6-9-10-14(8-3)11-13(5)12(4)7-2/h6,8-10,13H,3-4,7,11H2,1-2,5H3. The Morgan fingerprint density at radius 1 is 1.43 bits per heavy atom. The summed E-state index contributed by atoms with van der Waals surface area (Å²) in [5.41, 5.74) is 2.60. The smallest absolute Gasteiger partial charge is 0.0194 e. The van der Waals surface area contributed by atoms with Gasteiger partial charge >= 0.3 is 0 Å². The molecule has 0 radical (unpaired) electrons. The molecule has 0 aromatic carbocycles. The van der Waals surface area contributed by atoms with Gasteiger partial charge in [-0.15, -0.1) is 0 Å². The predicted octanol–water partition coefficient (Wildman–Crippen LogP) is 4.67. The van der Waals surface area contributed by atoms with Gasteiger partial charge in [-0.25, -0.2) is 0 Å². The highest BCUT2D eigenvalue weighted by Crippen LogP contribution is 2.20. The van der Waals surface area contributed by atoms with E-state index in [2.05, 4.69) is 39.2 Å². The molecule has 78 valence electrons. The first-order valence-electron chi connectivity index (χ1n) is 5.27. The first-order chi connectivity index (χ1) is 6.65. The Morgan fingerprint density at radius 2 is 2.07 bits per heavy atom. The molecule has 0 aliphatic heterocycles. The molecule has 0 heterocycles. The summed E-state index contributed by atoms with van der Waals surface area (Å²) >= 11 is 0. The molecule has 14 heavy (non-hydrogen) atoms. The van der Waals surface area contributed by atoms with Crippen LogP contribution < -0.4 is 0 Å². The van der Waals surface area contributed by atoms with Crippen LogP contribution >= 0.6 is 0 Å². The van der Waals surface area contributed by atoms with Crippen LogP contribution in [0.15, 0.2) is 48.6 Å². The van der Waals surface area contributed by atoms with Crippen LogP contribution in [0.4, 0.5) is 0 Å². The molecule has 0 heteroatoms. The fourth-order valence-corrected chi connectivity index (χ4v) is 1.29. The van der Waals surface area contributed by atoms with Gasteiger partial charge in [0, 0.05) is 0 Å². The maximum Gasteiger partial charge on any atom is -0.0194 e. The minimum atomic E-state index is 0.550. The molecule has 0 spiro atoms. The van der Waals surface area contributed by atoms with E-state index in [0.717, 1.165) is 12.8 Å². The van der Waals surface area contributed by atoms with Crippen molar-refractivity contribution in [1.82, 2.24) is 0 Å². The Bertz CT molecular complexity index is 241. The molecule has 0 amide bonds. The van der Waals surface area contributed by atoms with E-state index < -0.39 is 0 Å². The highest BCUT2D eigenvalue weighted by Gasteiger charge is 2.05. The van der Waals surface area contributed by atoms with Crippen molar-refractivity contribution >= 4 is 0 Å². The SMILES string of the molecule is C=CC(=CC=CC)CC(C)C(=C)CC. The van der Waals surface area contributed by atoms with Crippen molar-refractivity contribution in [2.45, 2.75) is 33.6 Å². The van der Waals surface area contributed by atoms with Gasteiger partial charge in [0.1, 0.15) is 0 Å². The molecule has 0 rings (SSSR count). The summed E-state index contributed by atoms with van der Waals surface area (Å²) in [4.78, 5) is 0. The summed E-state index contributed by atoms with van der Waals surface area (Å²) in [5.74, 6) is 0.550. The third kappa shape index (κ3) is 4.86. The molecular weight excluding hydrogens is 168 g/mol. The largest absolute Gasteiger partial charge is 0.0996 e.